The monoisotopic (exact) mass is 382 g/mol. The Balaban J connectivity index is 2.02. The molecule has 0 radical (unpaired) electrons. The minimum atomic E-state index is -0.646. The number of anilines is 1. The zero-order valence-corrected chi connectivity index (χ0v) is 15.7. The van der Waals surface area contributed by atoms with Crippen LogP contribution >= 0.6 is 0 Å². The molecule has 0 aliphatic carbocycles. The molecule has 146 valence electrons. The van der Waals surface area contributed by atoms with Gasteiger partial charge in [0.2, 0.25) is 5.95 Å². The van der Waals surface area contributed by atoms with Crippen molar-refractivity contribution in [3.8, 4) is 0 Å². The van der Waals surface area contributed by atoms with E-state index in [0.717, 1.165) is 5.69 Å². The third-order valence-electron chi connectivity index (χ3n) is 4.12. The van der Waals surface area contributed by atoms with Crippen molar-refractivity contribution in [3.63, 3.8) is 0 Å². The van der Waals surface area contributed by atoms with Crippen molar-refractivity contribution < 1.29 is 9.59 Å². The van der Waals surface area contributed by atoms with Crippen molar-refractivity contribution in [1.82, 2.24) is 24.3 Å². The summed E-state index contributed by atoms with van der Waals surface area (Å²) in [6, 6.07) is 4.93. The number of primary amides is 1. The van der Waals surface area contributed by atoms with Crippen LogP contribution in [0.4, 0.5) is 5.95 Å². The van der Waals surface area contributed by atoms with E-state index in [1.165, 1.54) is 6.07 Å². The zero-order chi connectivity index (χ0) is 20.3. The molecule has 3 aromatic rings. The number of amides is 2. The summed E-state index contributed by atoms with van der Waals surface area (Å²) in [5.41, 5.74) is 13.1. The summed E-state index contributed by atoms with van der Waals surface area (Å²) < 4.78 is 3.39. The molecule has 5 N–H and O–H groups in total. The van der Waals surface area contributed by atoms with Gasteiger partial charge in [0.05, 0.1) is 11.2 Å². The van der Waals surface area contributed by atoms with Crippen LogP contribution in [0.3, 0.4) is 0 Å². The fraction of sp³-hybridized carbons (Fsp3) is 0.278. The van der Waals surface area contributed by atoms with E-state index in [9.17, 15) is 9.59 Å². The molecule has 2 amide bonds. The number of nitrogens with two attached hydrogens (primary N) is 2. The van der Waals surface area contributed by atoms with Crippen LogP contribution in [0, 0.1) is 6.92 Å². The van der Waals surface area contributed by atoms with Gasteiger partial charge in [0.25, 0.3) is 11.8 Å². The molecule has 0 unspecified atom stereocenters. The van der Waals surface area contributed by atoms with Crippen LogP contribution in [-0.4, -0.2) is 42.7 Å². The van der Waals surface area contributed by atoms with Crippen LogP contribution in [0.5, 0.6) is 0 Å². The fourth-order valence-corrected chi connectivity index (χ4v) is 2.84. The maximum Gasteiger partial charge on any atom is 0.276 e. The highest BCUT2D eigenvalue weighted by molar-refractivity contribution is 6.03. The highest BCUT2D eigenvalue weighted by Crippen LogP contribution is 2.20. The Morgan fingerprint density at radius 2 is 2.04 bits per heavy atom. The van der Waals surface area contributed by atoms with Crippen LogP contribution in [0.2, 0.25) is 0 Å². The number of hydrogen-bond acceptors (Lipinski definition) is 6. The highest BCUT2D eigenvalue weighted by Gasteiger charge is 2.19. The number of pyridine rings is 1. The molecule has 3 aromatic heterocycles. The van der Waals surface area contributed by atoms with E-state index < -0.39 is 5.91 Å². The van der Waals surface area contributed by atoms with Gasteiger partial charge in [-0.15, -0.1) is 0 Å². The summed E-state index contributed by atoms with van der Waals surface area (Å²) in [5, 5.41) is 7.10. The molecule has 0 spiro atoms. The van der Waals surface area contributed by atoms with E-state index in [2.05, 4.69) is 20.4 Å². The molecule has 0 bridgehead atoms. The molecule has 0 aliphatic rings. The molecular formula is C18H22N8O2. The van der Waals surface area contributed by atoms with Crippen molar-refractivity contribution in [2.75, 3.05) is 11.9 Å². The summed E-state index contributed by atoms with van der Waals surface area (Å²) in [7, 11) is 0. The Bertz CT molecular complexity index is 1060. The SMILES string of the molecule is CCn1nc(C)cc1C(=O)Nc1nc2nc(C(N)=O)ccc2n1C/C=C/CN. The molecule has 0 aliphatic heterocycles. The van der Waals surface area contributed by atoms with Gasteiger partial charge in [-0.3, -0.25) is 19.6 Å². The van der Waals surface area contributed by atoms with Gasteiger partial charge >= 0.3 is 0 Å². The number of carbonyl (C=O) groups excluding carboxylic acids is 2. The topological polar surface area (TPSA) is 147 Å². The normalized spacial score (nSPS) is 11.4. The predicted molar refractivity (Wildman–Crippen MR) is 105 cm³/mol. The Kier molecular flexibility index (Phi) is 5.50. The summed E-state index contributed by atoms with van der Waals surface area (Å²) >= 11 is 0. The highest BCUT2D eigenvalue weighted by atomic mass is 16.2. The second-order valence-electron chi connectivity index (χ2n) is 6.10. The van der Waals surface area contributed by atoms with Crippen LogP contribution < -0.4 is 16.8 Å². The van der Waals surface area contributed by atoms with Crippen LogP contribution in [0.25, 0.3) is 11.2 Å². The number of allylic oxidation sites excluding steroid dienone is 1. The van der Waals surface area contributed by atoms with Crippen molar-refractivity contribution >= 4 is 28.9 Å². The third kappa shape index (κ3) is 3.76. The Hall–Kier alpha value is -3.53. The number of fused-ring (bicyclic) bond motifs is 1. The molecule has 0 saturated carbocycles. The maximum atomic E-state index is 12.8. The average molecular weight is 382 g/mol. The first kappa shape index (κ1) is 19.2. The summed E-state index contributed by atoms with van der Waals surface area (Å²) in [5.74, 6) is -0.679. The molecule has 3 heterocycles. The number of imidazole rings is 1. The molecule has 0 atom stereocenters. The molecule has 0 aromatic carbocycles. The first-order chi connectivity index (χ1) is 13.4. The van der Waals surface area contributed by atoms with Gasteiger partial charge in [0, 0.05) is 19.6 Å². The summed E-state index contributed by atoms with van der Waals surface area (Å²) in [4.78, 5) is 32.7. The summed E-state index contributed by atoms with van der Waals surface area (Å²) in [6.45, 7) is 5.12. The zero-order valence-electron chi connectivity index (χ0n) is 15.7. The minimum Gasteiger partial charge on any atom is -0.364 e. The van der Waals surface area contributed by atoms with Crippen LogP contribution in [-0.2, 0) is 13.1 Å². The van der Waals surface area contributed by atoms with E-state index in [1.54, 1.807) is 27.5 Å². The molecule has 0 fully saturated rings. The smallest absolute Gasteiger partial charge is 0.276 e. The lowest BCUT2D eigenvalue weighted by atomic mass is 10.3. The maximum absolute atomic E-state index is 12.8. The molecule has 0 saturated heterocycles. The Morgan fingerprint density at radius 1 is 1.25 bits per heavy atom. The largest absolute Gasteiger partial charge is 0.364 e. The van der Waals surface area contributed by atoms with Gasteiger partial charge < -0.3 is 16.0 Å². The lowest BCUT2D eigenvalue weighted by Gasteiger charge is -2.09. The standard InChI is InChI=1S/C18H22N8O2/c1-3-26-14(10-11(2)24-26)17(28)23-18-22-16-13(25(18)9-5-4-8-19)7-6-12(21-16)15(20)27/h4-7,10H,3,8-9,19H2,1-2H3,(H2,20,27)(H,21,22,23,28)/b5-4+. The molecule has 10 heteroatoms. The molecule has 3 rings (SSSR count). The predicted octanol–water partition coefficient (Wildman–Crippen LogP) is 0.822. The number of carbonyl (C=O) groups is 2. The van der Waals surface area contributed by atoms with E-state index >= 15 is 0 Å². The number of aryl methyl sites for hydroxylation is 2. The number of nitrogens with zero attached hydrogens (tertiary/aromatic N) is 5. The van der Waals surface area contributed by atoms with Gasteiger partial charge in [-0.25, -0.2) is 4.98 Å². The third-order valence-corrected chi connectivity index (χ3v) is 4.12. The quantitative estimate of drug-likeness (QED) is 0.516. The van der Waals surface area contributed by atoms with Crippen molar-refractivity contribution in [2.45, 2.75) is 26.9 Å². The lowest BCUT2D eigenvalue weighted by Crippen LogP contribution is -2.19. The number of aromatic nitrogens is 5. The van der Waals surface area contributed by atoms with E-state index in [0.29, 0.717) is 42.4 Å². The van der Waals surface area contributed by atoms with Gasteiger partial charge in [-0.2, -0.15) is 10.1 Å². The average Bonchev–Trinajstić information content (AvgIpc) is 3.21. The fourth-order valence-electron chi connectivity index (χ4n) is 2.84. The van der Waals surface area contributed by atoms with Crippen molar-refractivity contribution in [3.05, 3.63) is 47.4 Å². The summed E-state index contributed by atoms with van der Waals surface area (Å²) in [6.07, 6.45) is 3.66. The van der Waals surface area contributed by atoms with Crippen molar-refractivity contribution in [1.29, 1.82) is 0 Å². The van der Waals surface area contributed by atoms with Gasteiger partial charge in [0.15, 0.2) is 5.65 Å². The molecule has 28 heavy (non-hydrogen) atoms. The second kappa shape index (κ2) is 8.01. The molecular weight excluding hydrogens is 360 g/mol. The lowest BCUT2D eigenvalue weighted by molar-refractivity contribution is 0.0992. The van der Waals surface area contributed by atoms with E-state index in [4.69, 9.17) is 11.5 Å². The first-order valence-corrected chi connectivity index (χ1v) is 8.82. The van der Waals surface area contributed by atoms with E-state index in [-0.39, 0.29) is 11.6 Å². The molecule has 10 nitrogen and oxygen atoms in total. The Morgan fingerprint density at radius 3 is 2.71 bits per heavy atom. The van der Waals surface area contributed by atoms with Crippen molar-refractivity contribution in [2.24, 2.45) is 11.5 Å². The number of nitrogens with one attached hydrogen (secondary N) is 1. The van der Waals surface area contributed by atoms with Crippen LogP contribution in [0.1, 0.15) is 33.6 Å². The van der Waals surface area contributed by atoms with Gasteiger partial charge in [-0.05, 0) is 32.0 Å². The van der Waals surface area contributed by atoms with Gasteiger partial charge in [0.1, 0.15) is 11.4 Å². The number of rotatable bonds is 7. The number of hydrogen-bond donors (Lipinski definition) is 3. The Labute approximate surface area is 161 Å². The second-order valence-corrected chi connectivity index (χ2v) is 6.10. The minimum absolute atomic E-state index is 0.104. The van der Waals surface area contributed by atoms with E-state index in [1.807, 2.05) is 19.9 Å². The first-order valence-electron chi connectivity index (χ1n) is 8.82. The van der Waals surface area contributed by atoms with Crippen LogP contribution in [0.15, 0.2) is 30.4 Å². The van der Waals surface area contributed by atoms with Gasteiger partial charge in [-0.1, -0.05) is 12.2 Å².